The van der Waals surface area contributed by atoms with Crippen molar-refractivity contribution < 1.29 is 9.18 Å². The number of H-pyrrole nitrogens is 1. The highest BCUT2D eigenvalue weighted by Crippen LogP contribution is 2.41. The first-order valence-electron chi connectivity index (χ1n) is 7.91. The van der Waals surface area contributed by atoms with Crippen LogP contribution in [-0.2, 0) is 0 Å². The van der Waals surface area contributed by atoms with Crippen LogP contribution in [-0.4, -0.2) is 34.9 Å². The number of halogens is 1. The van der Waals surface area contributed by atoms with Crippen LogP contribution in [0.3, 0.4) is 0 Å². The normalized spacial score (nSPS) is 24.3. The van der Waals surface area contributed by atoms with E-state index in [2.05, 4.69) is 4.98 Å². The summed E-state index contributed by atoms with van der Waals surface area (Å²) in [4.78, 5) is 29.3. The van der Waals surface area contributed by atoms with Gasteiger partial charge in [0.05, 0.1) is 5.52 Å². The fourth-order valence-electron chi connectivity index (χ4n) is 3.56. The average molecular weight is 315 g/mol. The molecule has 120 valence electrons. The quantitative estimate of drug-likeness (QED) is 0.881. The van der Waals surface area contributed by atoms with Crippen molar-refractivity contribution in [1.29, 1.82) is 0 Å². The number of likely N-dealkylation sites (tertiary alicyclic amines) is 1. The van der Waals surface area contributed by atoms with Gasteiger partial charge in [0.1, 0.15) is 11.5 Å². The molecule has 23 heavy (non-hydrogen) atoms. The van der Waals surface area contributed by atoms with Gasteiger partial charge in [0.25, 0.3) is 5.91 Å². The van der Waals surface area contributed by atoms with E-state index in [1.165, 1.54) is 31.0 Å². The second kappa shape index (κ2) is 5.16. The molecule has 2 heterocycles. The Bertz CT molecular complexity index is 843. The SMILES string of the molecule is N[C@H]1CN(C(=O)c2cc(=O)c3cccc(F)c3[nH]2)C[C@@H]1C1CC1. The highest BCUT2D eigenvalue weighted by molar-refractivity contribution is 5.95. The number of aromatic nitrogens is 1. The van der Waals surface area contributed by atoms with E-state index < -0.39 is 5.82 Å². The average Bonchev–Trinajstić information content (AvgIpc) is 3.30. The Kier molecular flexibility index (Phi) is 3.23. The van der Waals surface area contributed by atoms with E-state index in [9.17, 15) is 14.0 Å². The first-order valence-corrected chi connectivity index (χ1v) is 7.91. The van der Waals surface area contributed by atoms with Gasteiger partial charge in [0.2, 0.25) is 0 Å². The van der Waals surface area contributed by atoms with E-state index in [4.69, 9.17) is 5.73 Å². The molecule has 3 N–H and O–H groups in total. The van der Waals surface area contributed by atoms with E-state index in [-0.39, 0.29) is 34.0 Å². The Morgan fingerprint density at radius 3 is 2.83 bits per heavy atom. The Balaban J connectivity index is 1.67. The molecular weight excluding hydrogens is 297 g/mol. The van der Waals surface area contributed by atoms with Crippen molar-refractivity contribution in [2.75, 3.05) is 13.1 Å². The number of fused-ring (bicyclic) bond motifs is 1. The summed E-state index contributed by atoms with van der Waals surface area (Å²) < 4.78 is 13.9. The van der Waals surface area contributed by atoms with Gasteiger partial charge in [-0.15, -0.1) is 0 Å². The molecule has 0 unspecified atom stereocenters. The number of pyridine rings is 1. The maximum absolute atomic E-state index is 13.9. The lowest BCUT2D eigenvalue weighted by Crippen LogP contribution is -2.33. The zero-order valence-electron chi connectivity index (χ0n) is 12.6. The molecule has 1 saturated carbocycles. The van der Waals surface area contributed by atoms with Crippen LogP contribution in [0.15, 0.2) is 29.1 Å². The number of amides is 1. The van der Waals surface area contributed by atoms with Gasteiger partial charge in [-0.2, -0.15) is 0 Å². The molecule has 1 aliphatic carbocycles. The fourth-order valence-corrected chi connectivity index (χ4v) is 3.56. The summed E-state index contributed by atoms with van der Waals surface area (Å²) >= 11 is 0. The number of benzene rings is 1. The van der Waals surface area contributed by atoms with Crippen molar-refractivity contribution in [3.8, 4) is 0 Å². The zero-order chi connectivity index (χ0) is 16.1. The van der Waals surface area contributed by atoms with Gasteiger partial charge < -0.3 is 15.6 Å². The summed E-state index contributed by atoms with van der Waals surface area (Å²) in [6.45, 7) is 1.10. The molecule has 0 spiro atoms. The van der Waals surface area contributed by atoms with Crippen LogP contribution < -0.4 is 11.2 Å². The minimum atomic E-state index is -0.539. The molecular formula is C17H18FN3O2. The number of carbonyl (C=O) groups is 1. The summed E-state index contributed by atoms with van der Waals surface area (Å²) in [5.41, 5.74) is 5.98. The summed E-state index contributed by atoms with van der Waals surface area (Å²) in [6.07, 6.45) is 2.36. The van der Waals surface area contributed by atoms with Crippen molar-refractivity contribution in [2.24, 2.45) is 17.6 Å². The lowest BCUT2D eigenvalue weighted by atomic mass is 9.99. The number of para-hydroxylation sites is 1. The summed E-state index contributed by atoms with van der Waals surface area (Å²) in [5.74, 6) is 0.132. The van der Waals surface area contributed by atoms with Crippen LogP contribution in [0.25, 0.3) is 10.9 Å². The molecule has 0 radical (unpaired) electrons. The van der Waals surface area contributed by atoms with E-state index in [0.29, 0.717) is 24.9 Å². The Morgan fingerprint density at radius 2 is 2.09 bits per heavy atom. The number of rotatable bonds is 2. The third-order valence-electron chi connectivity index (χ3n) is 4.97. The third-order valence-corrected chi connectivity index (χ3v) is 4.97. The van der Waals surface area contributed by atoms with Crippen LogP contribution in [0.4, 0.5) is 4.39 Å². The molecule has 4 rings (SSSR count). The van der Waals surface area contributed by atoms with Crippen molar-refractivity contribution >= 4 is 16.8 Å². The van der Waals surface area contributed by atoms with Gasteiger partial charge in [-0.1, -0.05) is 6.07 Å². The molecule has 2 aliphatic rings. The summed E-state index contributed by atoms with van der Waals surface area (Å²) in [7, 11) is 0. The summed E-state index contributed by atoms with van der Waals surface area (Å²) in [5, 5.41) is 0.246. The van der Waals surface area contributed by atoms with Crippen LogP contribution in [0.2, 0.25) is 0 Å². The minimum Gasteiger partial charge on any atom is -0.348 e. The van der Waals surface area contributed by atoms with Crippen molar-refractivity contribution in [3.63, 3.8) is 0 Å². The number of nitrogens with two attached hydrogens (primary N) is 1. The third kappa shape index (κ3) is 2.43. The predicted molar refractivity (Wildman–Crippen MR) is 84.6 cm³/mol. The molecule has 1 aliphatic heterocycles. The van der Waals surface area contributed by atoms with Gasteiger partial charge in [-0.05, 0) is 36.8 Å². The van der Waals surface area contributed by atoms with Crippen molar-refractivity contribution in [1.82, 2.24) is 9.88 Å². The molecule has 6 heteroatoms. The zero-order valence-corrected chi connectivity index (χ0v) is 12.6. The summed E-state index contributed by atoms with van der Waals surface area (Å²) in [6, 6.07) is 5.52. The lowest BCUT2D eigenvalue weighted by Gasteiger charge is -2.16. The van der Waals surface area contributed by atoms with Crippen molar-refractivity contribution in [3.05, 3.63) is 46.0 Å². The van der Waals surface area contributed by atoms with Gasteiger partial charge in [-0.25, -0.2) is 4.39 Å². The Morgan fingerprint density at radius 1 is 1.30 bits per heavy atom. The molecule has 1 aromatic carbocycles. The highest BCUT2D eigenvalue weighted by atomic mass is 19.1. The van der Waals surface area contributed by atoms with Crippen molar-refractivity contribution in [2.45, 2.75) is 18.9 Å². The molecule has 0 bridgehead atoms. The van der Waals surface area contributed by atoms with Crippen LogP contribution in [0, 0.1) is 17.7 Å². The standard InChI is InChI=1S/C17H18FN3O2/c18-12-3-1-2-10-15(22)6-14(20-16(10)12)17(23)21-7-11(9-4-5-9)13(19)8-21/h1-3,6,9,11,13H,4-5,7-8,19H2,(H,20,22)/t11-,13+/m1/s1. The number of nitrogens with zero attached hydrogens (tertiary/aromatic N) is 1. The van der Waals surface area contributed by atoms with Crippen LogP contribution >= 0.6 is 0 Å². The number of hydrogen-bond acceptors (Lipinski definition) is 3. The minimum absolute atomic E-state index is 0.0182. The van der Waals surface area contributed by atoms with E-state index in [1.807, 2.05) is 0 Å². The number of nitrogens with one attached hydrogen (secondary N) is 1. The van der Waals surface area contributed by atoms with E-state index in [0.717, 1.165) is 0 Å². The first kappa shape index (κ1) is 14.4. The van der Waals surface area contributed by atoms with E-state index >= 15 is 0 Å². The molecule has 2 fully saturated rings. The van der Waals surface area contributed by atoms with Crippen LogP contribution in [0.1, 0.15) is 23.3 Å². The number of aromatic amines is 1. The Hall–Kier alpha value is -2.21. The monoisotopic (exact) mass is 315 g/mol. The first-order chi connectivity index (χ1) is 11.0. The highest BCUT2D eigenvalue weighted by Gasteiger charge is 2.42. The maximum atomic E-state index is 13.9. The molecule has 2 aromatic rings. The van der Waals surface area contributed by atoms with Gasteiger partial charge in [0, 0.05) is 30.6 Å². The molecule has 1 amide bonds. The lowest BCUT2D eigenvalue weighted by molar-refractivity contribution is 0.0779. The van der Waals surface area contributed by atoms with Gasteiger partial charge in [0.15, 0.2) is 5.43 Å². The van der Waals surface area contributed by atoms with E-state index in [1.54, 1.807) is 11.0 Å². The Labute approximate surface area is 132 Å². The largest absolute Gasteiger partial charge is 0.348 e. The topological polar surface area (TPSA) is 79.2 Å². The molecule has 1 aromatic heterocycles. The molecule has 2 atom stereocenters. The second-order valence-corrected chi connectivity index (χ2v) is 6.58. The molecule has 1 saturated heterocycles. The number of carbonyl (C=O) groups excluding carboxylic acids is 1. The second-order valence-electron chi connectivity index (χ2n) is 6.58. The predicted octanol–water partition coefficient (Wildman–Crippen LogP) is 1.48. The molecule has 5 nitrogen and oxygen atoms in total. The van der Waals surface area contributed by atoms with Gasteiger partial charge in [-0.3, -0.25) is 9.59 Å². The van der Waals surface area contributed by atoms with Crippen LogP contribution in [0.5, 0.6) is 0 Å². The maximum Gasteiger partial charge on any atom is 0.270 e. The number of hydrogen-bond donors (Lipinski definition) is 2. The van der Waals surface area contributed by atoms with Gasteiger partial charge >= 0.3 is 0 Å². The fraction of sp³-hybridized carbons (Fsp3) is 0.412. The smallest absolute Gasteiger partial charge is 0.270 e.